The van der Waals surface area contributed by atoms with E-state index in [9.17, 15) is 9.90 Å². The summed E-state index contributed by atoms with van der Waals surface area (Å²) in [5.74, 6) is 0.772. The minimum atomic E-state index is -0.287. The topological polar surface area (TPSA) is 37.3 Å². The van der Waals surface area contributed by atoms with Crippen molar-refractivity contribution in [1.82, 2.24) is 0 Å². The van der Waals surface area contributed by atoms with Crippen LogP contribution in [-0.4, -0.2) is 28.3 Å². The molecule has 3 aliphatic rings. The van der Waals surface area contributed by atoms with Gasteiger partial charge in [0.2, 0.25) is 0 Å². The zero-order chi connectivity index (χ0) is 37.7. The Labute approximate surface area is 377 Å². The number of rotatable bonds is 3. The van der Waals surface area contributed by atoms with Crippen LogP contribution in [0.1, 0.15) is 80.5 Å². The second-order valence-corrected chi connectivity index (χ2v) is 19.4. The summed E-state index contributed by atoms with van der Waals surface area (Å²) in [6.07, 6.45) is 4.96. The number of carbonyl (C=O) groups excluding carboxylic acids is 1. The molecule has 3 aromatic carbocycles. The number of hydrogen-bond acceptors (Lipinski definition) is 5. The molecule has 0 bridgehead atoms. The molecule has 0 radical (unpaired) electrons. The molecule has 6 aromatic rings. The molecule has 0 aliphatic heterocycles. The van der Waals surface area contributed by atoms with Gasteiger partial charge in [-0.25, -0.2) is 0 Å². The third kappa shape index (κ3) is 9.08. The number of allylic oxidation sites excluding steroid dienone is 1. The van der Waals surface area contributed by atoms with Gasteiger partial charge in [-0.1, -0.05) is 90.6 Å². The number of thiophene rings is 3. The molecule has 280 valence electrons. The van der Waals surface area contributed by atoms with Gasteiger partial charge < -0.3 is 6.53 Å². The van der Waals surface area contributed by atoms with E-state index in [4.69, 9.17) is 34.8 Å². The summed E-state index contributed by atoms with van der Waals surface area (Å²) >= 11 is 23.1. The fraction of sp³-hybridized carbons (Fsp3) is 0.267. The van der Waals surface area contributed by atoms with Crippen LogP contribution >= 0.6 is 68.8 Å². The number of aliphatic hydroxyl groups excluding tert-OH is 1. The van der Waals surface area contributed by atoms with Gasteiger partial charge in [-0.15, -0.1) is 34.0 Å². The number of carbonyl (C=O) groups is 1. The monoisotopic (exact) mass is 853 g/mol. The molecule has 3 unspecified atom stereocenters. The Morgan fingerprint density at radius 2 is 1.09 bits per heavy atom. The van der Waals surface area contributed by atoms with Crippen molar-refractivity contribution in [2.45, 2.75) is 66.9 Å². The predicted molar refractivity (Wildman–Crippen MR) is 243 cm³/mol. The molecule has 1 N–H and O–H groups in total. The first-order valence-corrected chi connectivity index (χ1v) is 21.4. The molecule has 0 fully saturated rings. The Kier molecular flexibility index (Phi) is 14.8. The standard InChI is InChI=1S/C15H15ClOS.C15H13ClOS.C15H13ClS.Al.Li.4H/c2*1-8-7-12-13(9(2)18-15(12)14(8)17)10-3-5-11(16)6-4-10;1-9-7-13-14(8-9)17-10(2)15(13)11-3-5-12(16)6-4-11;;;;;;/h3-6,8,14,17H,7H2,1-2H3;3-6,8H,7H2,1-2H3;3-6,8H,7H2,1-2H3;;;;;;/q;;;;+1;;;;-1/p+1. The van der Waals surface area contributed by atoms with Crippen LogP contribution in [0.2, 0.25) is 15.1 Å². The molecule has 3 aliphatic carbocycles. The van der Waals surface area contributed by atoms with Gasteiger partial charge in [0, 0.05) is 45.4 Å². The first-order chi connectivity index (χ1) is 25.3. The van der Waals surface area contributed by atoms with Crippen LogP contribution in [0.25, 0.3) is 39.5 Å². The van der Waals surface area contributed by atoms with Crippen LogP contribution in [0.3, 0.4) is 0 Å². The van der Waals surface area contributed by atoms with Crippen molar-refractivity contribution in [3.8, 4) is 33.4 Å². The molecule has 9 rings (SSSR count). The Bertz CT molecular complexity index is 2370. The first-order valence-electron chi connectivity index (χ1n) is 17.8. The van der Waals surface area contributed by atoms with Gasteiger partial charge in [0.15, 0.2) is 23.1 Å². The normalized spacial score (nSPS) is 17.5. The Hall–Kier alpha value is -1.87. The second-order valence-electron chi connectivity index (χ2n) is 14.4. The zero-order valence-corrected chi connectivity index (χ0v) is 36.3. The van der Waals surface area contributed by atoms with Crippen molar-refractivity contribution < 1.29 is 31.6 Å². The summed E-state index contributed by atoms with van der Waals surface area (Å²) in [6.45, 7) is 12.7. The van der Waals surface area contributed by atoms with E-state index in [-0.39, 0.29) is 51.1 Å². The average molecular weight is 855 g/mol. The third-order valence-corrected chi connectivity index (χ3v) is 14.6. The number of aryl methyl sites for hydroxylation is 3. The van der Waals surface area contributed by atoms with Gasteiger partial charge in [0.1, 0.15) is 0 Å². The maximum atomic E-state index is 12.0. The maximum Gasteiger partial charge on any atom is 1.00 e. The van der Waals surface area contributed by atoms with E-state index in [0.29, 0.717) is 11.7 Å². The average Bonchev–Trinajstić information content (AvgIpc) is 3.93. The Balaban J connectivity index is 0.000000221. The quantitative estimate of drug-likeness (QED) is 0.180. The SMILES string of the molecule is CC1=Cc2sc(C)c(-c3ccc(Cl)cc3)c2C1.Cc1sc2c(c1-c1ccc(Cl)cc1)CC(C)C2=O.Cc1sc2c(c1-c1ccc(Cl)cc1)CC(C)C2O.[AlH3].[H+].[H-].[Li+]. The smallest absolute Gasteiger partial charge is 1.00 e. The van der Waals surface area contributed by atoms with Crippen LogP contribution in [0.5, 0.6) is 0 Å². The molecule has 0 amide bonds. The number of aliphatic hydroxyl groups is 1. The van der Waals surface area contributed by atoms with Crippen LogP contribution in [0, 0.1) is 32.6 Å². The van der Waals surface area contributed by atoms with E-state index < -0.39 is 0 Å². The number of ketones is 1. The molecule has 0 saturated carbocycles. The summed E-state index contributed by atoms with van der Waals surface area (Å²) in [6, 6.07) is 24.0. The number of Topliss-reactive ketones (excluding diaryl/α,β-unsaturated/α-hetero) is 1. The molecular formula is C45H46AlCl3LiO2S3+. The Morgan fingerprint density at radius 3 is 1.60 bits per heavy atom. The molecule has 55 heavy (non-hydrogen) atoms. The maximum absolute atomic E-state index is 12.0. The van der Waals surface area contributed by atoms with E-state index in [1.54, 1.807) is 22.7 Å². The van der Waals surface area contributed by atoms with Crippen molar-refractivity contribution in [1.29, 1.82) is 0 Å². The fourth-order valence-corrected chi connectivity index (χ4v) is 12.0. The van der Waals surface area contributed by atoms with Crippen LogP contribution in [0.4, 0.5) is 0 Å². The molecule has 2 nitrogen and oxygen atoms in total. The molecule has 10 heteroatoms. The third-order valence-electron chi connectivity index (χ3n) is 10.4. The molecular weight excluding hydrogens is 809 g/mol. The van der Waals surface area contributed by atoms with Gasteiger partial charge in [0.25, 0.3) is 0 Å². The Morgan fingerprint density at radius 1 is 0.655 bits per heavy atom. The second kappa shape index (κ2) is 18.4. The minimum absolute atomic E-state index is 0. The van der Waals surface area contributed by atoms with Crippen molar-refractivity contribution >= 4 is 98.0 Å². The fourth-order valence-electron chi connectivity index (χ4n) is 7.80. The molecule has 3 aromatic heterocycles. The van der Waals surface area contributed by atoms with Crippen LogP contribution in [-0.2, 0) is 19.3 Å². The molecule has 3 heterocycles. The van der Waals surface area contributed by atoms with E-state index in [0.717, 1.165) is 49.6 Å². The molecule has 0 spiro atoms. The van der Waals surface area contributed by atoms with Crippen LogP contribution < -0.4 is 18.9 Å². The zero-order valence-electron chi connectivity index (χ0n) is 33.6. The van der Waals surface area contributed by atoms with Gasteiger partial charge in [0.05, 0.1) is 11.0 Å². The summed E-state index contributed by atoms with van der Waals surface area (Å²) in [7, 11) is 0. The summed E-state index contributed by atoms with van der Waals surface area (Å²) < 4.78 is 0. The van der Waals surface area contributed by atoms with Crippen molar-refractivity contribution in [3.05, 3.63) is 139 Å². The number of hydrogen-bond donors (Lipinski definition) is 1. The number of halogens is 3. The van der Waals surface area contributed by atoms with Gasteiger partial charge >= 0.3 is 20.3 Å². The van der Waals surface area contributed by atoms with E-state index in [2.05, 4.69) is 65.0 Å². The van der Waals surface area contributed by atoms with E-state index in [1.807, 2.05) is 66.8 Å². The predicted octanol–water partition coefficient (Wildman–Crippen LogP) is 10.7. The molecule has 3 atom stereocenters. The summed E-state index contributed by atoms with van der Waals surface area (Å²) in [5.41, 5.74) is 13.1. The van der Waals surface area contributed by atoms with E-state index >= 15 is 0 Å². The number of fused-ring (bicyclic) bond motifs is 3. The largest absolute Gasteiger partial charge is 1.00 e. The minimum Gasteiger partial charge on any atom is -1.00 e. The van der Waals surface area contributed by atoms with Crippen molar-refractivity contribution in [2.75, 3.05) is 0 Å². The van der Waals surface area contributed by atoms with E-state index in [1.165, 1.54) is 69.6 Å². The summed E-state index contributed by atoms with van der Waals surface area (Å²) in [4.78, 5) is 19.5. The van der Waals surface area contributed by atoms with Gasteiger partial charge in [-0.2, -0.15) is 0 Å². The van der Waals surface area contributed by atoms with Gasteiger partial charge in [-0.3, -0.25) is 4.79 Å². The van der Waals surface area contributed by atoms with Gasteiger partial charge in [-0.05, 0) is 145 Å². The molecule has 0 saturated heterocycles. The first kappa shape index (κ1) is 44.2. The number of benzene rings is 3. The van der Waals surface area contributed by atoms with Crippen LogP contribution in [0.15, 0.2) is 78.4 Å². The van der Waals surface area contributed by atoms with Crippen molar-refractivity contribution in [3.63, 3.8) is 0 Å². The summed E-state index contributed by atoms with van der Waals surface area (Å²) in [5, 5.41) is 12.5. The van der Waals surface area contributed by atoms with Crippen molar-refractivity contribution in [2.24, 2.45) is 11.8 Å².